The van der Waals surface area contributed by atoms with E-state index < -0.39 is 0 Å². The summed E-state index contributed by atoms with van der Waals surface area (Å²) in [6.07, 6.45) is 0. The van der Waals surface area contributed by atoms with E-state index in [0.29, 0.717) is 11.5 Å². The first-order valence-corrected chi connectivity index (χ1v) is 9.06. The van der Waals surface area contributed by atoms with Gasteiger partial charge in [-0.3, -0.25) is 4.79 Å². The lowest BCUT2D eigenvalue weighted by molar-refractivity contribution is -0.113. The van der Waals surface area contributed by atoms with Crippen LogP contribution in [0.2, 0.25) is 0 Å². The van der Waals surface area contributed by atoms with Gasteiger partial charge in [-0.15, -0.1) is 16.9 Å². The maximum atomic E-state index is 12.1. The molecule has 1 aromatic heterocycles. The van der Waals surface area contributed by atoms with Crippen molar-refractivity contribution >= 4 is 23.4 Å². The van der Waals surface area contributed by atoms with Gasteiger partial charge in [0.15, 0.2) is 5.82 Å². The molecule has 0 fully saturated rings. The average molecular weight is 353 g/mol. The molecular weight excluding hydrogens is 334 g/mol. The van der Waals surface area contributed by atoms with Crippen molar-refractivity contribution in [1.29, 1.82) is 0 Å². The Morgan fingerprint density at radius 1 is 1.16 bits per heavy atom. The highest BCUT2D eigenvalue weighted by molar-refractivity contribution is 7.99. The highest BCUT2D eigenvalue weighted by Crippen LogP contribution is 2.17. The summed E-state index contributed by atoms with van der Waals surface area (Å²) < 4.78 is 1.69. The number of anilines is 1. The highest BCUT2D eigenvalue weighted by atomic mass is 32.2. The van der Waals surface area contributed by atoms with E-state index >= 15 is 0 Å². The van der Waals surface area contributed by atoms with Crippen LogP contribution < -0.4 is 5.32 Å². The minimum Gasteiger partial charge on any atom is -0.325 e. The molecule has 0 saturated heterocycles. The fraction of sp³-hybridized carbons (Fsp3) is 0.222. The second kappa shape index (κ2) is 7.94. The molecule has 25 heavy (non-hydrogen) atoms. The van der Waals surface area contributed by atoms with E-state index in [0.717, 1.165) is 22.8 Å². The first kappa shape index (κ1) is 17.2. The molecule has 0 aliphatic rings. The van der Waals surface area contributed by atoms with Crippen LogP contribution in [0.5, 0.6) is 0 Å². The number of para-hydroxylation sites is 1. The second-order valence-corrected chi connectivity index (χ2v) is 6.69. The maximum absolute atomic E-state index is 12.1. The lowest BCUT2D eigenvalue weighted by Gasteiger charge is -2.09. The van der Waals surface area contributed by atoms with E-state index in [9.17, 15) is 4.79 Å². The van der Waals surface area contributed by atoms with Crippen LogP contribution in [0.1, 0.15) is 17.0 Å². The predicted octanol–water partition coefficient (Wildman–Crippen LogP) is 3.15. The minimum atomic E-state index is -0.0318. The molecular formula is C18H19N5OS. The number of carbonyl (C=O) groups is 1. The van der Waals surface area contributed by atoms with Gasteiger partial charge >= 0.3 is 0 Å². The van der Waals surface area contributed by atoms with Crippen molar-refractivity contribution < 1.29 is 4.79 Å². The number of thioether (sulfide) groups is 1. The number of rotatable bonds is 6. The number of nitrogens with one attached hydrogen (secondary N) is 1. The Morgan fingerprint density at radius 3 is 2.72 bits per heavy atom. The van der Waals surface area contributed by atoms with Gasteiger partial charge in [-0.1, -0.05) is 35.9 Å². The largest absolute Gasteiger partial charge is 0.325 e. The zero-order valence-electron chi connectivity index (χ0n) is 14.1. The van der Waals surface area contributed by atoms with Crippen molar-refractivity contribution in [2.45, 2.75) is 19.6 Å². The number of aromatic nitrogens is 4. The summed E-state index contributed by atoms with van der Waals surface area (Å²) in [5.41, 5.74) is 4.00. The van der Waals surface area contributed by atoms with Crippen molar-refractivity contribution in [2.75, 3.05) is 11.1 Å². The number of carbonyl (C=O) groups excluding carboxylic acids is 1. The third kappa shape index (κ3) is 4.45. The molecule has 128 valence electrons. The Hall–Kier alpha value is -2.67. The van der Waals surface area contributed by atoms with Gasteiger partial charge in [0.05, 0.1) is 17.2 Å². The van der Waals surface area contributed by atoms with Crippen LogP contribution in [0, 0.1) is 13.8 Å². The molecule has 3 rings (SSSR count). The van der Waals surface area contributed by atoms with E-state index in [-0.39, 0.29) is 5.91 Å². The lowest BCUT2D eigenvalue weighted by Crippen LogP contribution is -2.15. The molecule has 1 amide bonds. The summed E-state index contributed by atoms with van der Waals surface area (Å²) in [4.78, 5) is 12.1. The van der Waals surface area contributed by atoms with Gasteiger partial charge in [0.2, 0.25) is 5.91 Å². The van der Waals surface area contributed by atoms with Crippen LogP contribution in [-0.2, 0) is 10.5 Å². The van der Waals surface area contributed by atoms with Gasteiger partial charge in [-0.25, -0.2) is 0 Å². The first-order valence-electron chi connectivity index (χ1n) is 7.91. The van der Waals surface area contributed by atoms with Crippen LogP contribution in [0.4, 0.5) is 5.69 Å². The Bertz CT molecular complexity index is 863. The molecule has 0 saturated carbocycles. The predicted molar refractivity (Wildman–Crippen MR) is 99.9 cm³/mol. The smallest absolute Gasteiger partial charge is 0.234 e. The molecule has 0 atom stereocenters. The van der Waals surface area contributed by atoms with Gasteiger partial charge in [0.25, 0.3) is 0 Å². The zero-order valence-corrected chi connectivity index (χ0v) is 15.0. The monoisotopic (exact) mass is 353 g/mol. The number of benzene rings is 2. The lowest BCUT2D eigenvalue weighted by atomic mass is 10.1. The summed E-state index contributed by atoms with van der Waals surface area (Å²) in [7, 11) is 0. The molecule has 0 radical (unpaired) electrons. The van der Waals surface area contributed by atoms with Crippen LogP contribution >= 0.6 is 11.8 Å². The van der Waals surface area contributed by atoms with E-state index in [1.54, 1.807) is 4.68 Å². The Balaban J connectivity index is 1.55. The number of hydrogen-bond acceptors (Lipinski definition) is 5. The van der Waals surface area contributed by atoms with Crippen molar-refractivity contribution in [3.8, 4) is 5.69 Å². The number of aryl methyl sites for hydroxylation is 2. The molecule has 2 aromatic carbocycles. The van der Waals surface area contributed by atoms with E-state index in [2.05, 4.69) is 26.9 Å². The van der Waals surface area contributed by atoms with Crippen LogP contribution in [-0.4, -0.2) is 31.9 Å². The SMILES string of the molecule is Cc1ccc(NC(=O)CSCc2nnnn2-c2ccccc2)c(C)c1. The topological polar surface area (TPSA) is 72.7 Å². The maximum Gasteiger partial charge on any atom is 0.234 e. The number of tetrazole rings is 1. The van der Waals surface area contributed by atoms with Crippen molar-refractivity contribution in [3.05, 3.63) is 65.5 Å². The molecule has 7 heteroatoms. The first-order chi connectivity index (χ1) is 12.1. The molecule has 0 unspecified atom stereocenters. The molecule has 3 aromatic rings. The second-order valence-electron chi connectivity index (χ2n) is 5.70. The van der Waals surface area contributed by atoms with Crippen molar-refractivity contribution in [2.24, 2.45) is 0 Å². The summed E-state index contributed by atoms with van der Waals surface area (Å²) in [5, 5.41) is 14.7. The number of nitrogens with zero attached hydrogens (tertiary/aromatic N) is 4. The van der Waals surface area contributed by atoms with Crippen LogP contribution in [0.15, 0.2) is 48.5 Å². The molecule has 0 aliphatic carbocycles. The third-order valence-electron chi connectivity index (χ3n) is 3.66. The molecule has 0 aliphatic heterocycles. The summed E-state index contributed by atoms with van der Waals surface area (Å²) >= 11 is 1.48. The Kier molecular flexibility index (Phi) is 5.45. The number of hydrogen-bond donors (Lipinski definition) is 1. The summed E-state index contributed by atoms with van der Waals surface area (Å²) in [6, 6.07) is 15.7. The standard InChI is InChI=1S/C18H19N5OS/c1-13-8-9-16(14(2)10-13)19-18(24)12-25-11-17-20-21-22-23(17)15-6-4-3-5-7-15/h3-10H,11-12H2,1-2H3,(H,19,24). The number of amides is 1. The Labute approximate surface area is 150 Å². The molecule has 6 nitrogen and oxygen atoms in total. The van der Waals surface area contributed by atoms with Gasteiger partial charge in [0, 0.05) is 5.69 Å². The molecule has 0 bridgehead atoms. The normalized spacial score (nSPS) is 10.6. The van der Waals surface area contributed by atoms with Crippen LogP contribution in [0.3, 0.4) is 0 Å². The fourth-order valence-electron chi connectivity index (χ4n) is 2.44. The van der Waals surface area contributed by atoms with Gasteiger partial charge in [-0.05, 0) is 48.0 Å². The van der Waals surface area contributed by atoms with Gasteiger partial charge in [0.1, 0.15) is 0 Å². The van der Waals surface area contributed by atoms with E-state index in [4.69, 9.17) is 0 Å². The van der Waals surface area contributed by atoms with Crippen LogP contribution in [0.25, 0.3) is 5.69 Å². The fourth-order valence-corrected chi connectivity index (χ4v) is 3.16. The van der Waals surface area contributed by atoms with Gasteiger partial charge < -0.3 is 5.32 Å². The minimum absolute atomic E-state index is 0.0318. The quantitative estimate of drug-likeness (QED) is 0.737. The van der Waals surface area contributed by atoms with E-state index in [1.165, 1.54) is 17.3 Å². The highest BCUT2D eigenvalue weighted by Gasteiger charge is 2.10. The van der Waals surface area contributed by atoms with Crippen molar-refractivity contribution in [1.82, 2.24) is 20.2 Å². The molecule has 1 heterocycles. The zero-order chi connectivity index (χ0) is 17.6. The van der Waals surface area contributed by atoms with Gasteiger partial charge in [-0.2, -0.15) is 4.68 Å². The average Bonchev–Trinajstić information content (AvgIpc) is 3.07. The molecule has 1 N–H and O–H groups in total. The van der Waals surface area contributed by atoms with E-state index in [1.807, 2.05) is 56.3 Å². The summed E-state index contributed by atoms with van der Waals surface area (Å²) in [5.74, 6) is 1.59. The van der Waals surface area contributed by atoms with Crippen molar-refractivity contribution in [3.63, 3.8) is 0 Å². The Morgan fingerprint density at radius 2 is 1.96 bits per heavy atom. The summed E-state index contributed by atoms with van der Waals surface area (Å²) in [6.45, 7) is 4.02. The molecule has 0 spiro atoms. The third-order valence-corrected chi connectivity index (χ3v) is 4.58.